The Balaban J connectivity index is 2.54. The van der Waals surface area contributed by atoms with Gasteiger partial charge in [0.15, 0.2) is 0 Å². The molecule has 6 nitrogen and oxygen atoms in total. The van der Waals surface area contributed by atoms with Gasteiger partial charge >= 0.3 is 5.97 Å². The van der Waals surface area contributed by atoms with E-state index in [4.69, 9.17) is 10.2 Å². The second-order valence-corrected chi connectivity index (χ2v) is 5.40. The Morgan fingerprint density at radius 3 is 2.53 bits per heavy atom. The fourth-order valence-corrected chi connectivity index (χ4v) is 2.06. The third kappa shape index (κ3) is 2.95. The maximum absolute atomic E-state index is 11.2. The van der Waals surface area contributed by atoms with Gasteiger partial charge in [0, 0.05) is 18.0 Å². The molecule has 19 heavy (non-hydrogen) atoms. The molecule has 0 aliphatic rings. The molecule has 98 valence electrons. The molecule has 0 aliphatic heterocycles. The number of carboxylic acids is 1. The summed E-state index contributed by atoms with van der Waals surface area (Å²) in [7, 11) is -3.84. The van der Waals surface area contributed by atoms with Crippen LogP contribution in [0.15, 0.2) is 47.6 Å². The molecule has 1 heterocycles. The zero-order valence-corrected chi connectivity index (χ0v) is 10.5. The molecule has 2 aromatic rings. The van der Waals surface area contributed by atoms with Gasteiger partial charge in [-0.3, -0.25) is 4.98 Å². The molecule has 0 aliphatic carbocycles. The summed E-state index contributed by atoms with van der Waals surface area (Å²) in [5.74, 6) is -1.06. The average Bonchev–Trinajstić information content (AvgIpc) is 2.38. The number of aromatic nitrogens is 1. The predicted molar refractivity (Wildman–Crippen MR) is 68.0 cm³/mol. The Labute approximate surface area is 109 Å². The summed E-state index contributed by atoms with van der Waals surface area (Å²) in [5.41, 5.74) is 1.14. The van der Waals surface area contributed by atoms with E-state index < -0.39 is 16.0 Å². The van der Waals surface area contributed by atoms with Crippen LogP contribution in [0.5, 0.6) is 0 Å². The second kappa shape index (κ2) is 4.79. The van der Waals surface area contributed by atoms with Crippen LogP contribution in [0.2, 0.25) is 0 Å². The normalized spacial score (nSPS) is 11.2. The number of nitrogens with zero attached hydrogens (tertiary/aromatic N) is 1. The van der Waals surface area contributed by atoms with Crippen LogP contribution in [0.25, 0.3) is 11.1 Å². The van der Waals surface area contributed by atoms with Gasteiger partial charge in [-0.2, -0.15) is 0 Å². The van der Waals surface area contributed by atoms with Gasteiger partial charge in [0.1, 0.15) is 4.90 Å². The maximum atomic E-state index is 11.2. The number of aromatic carboxylic acids is 1. The lowest BCUT2D eigenvalue weighted by molar-refractivity contribution is 0.0697. The summed E-state index contributed by atoms with van der Waals surface area (Å²) in [6.45, 7) is 0. The van der Waals surface area contributed by atoms with Crippen molar-refractivity contribution in [3.05, 3.63) is 48.3 Å². The number of hydrogen-bond acceptors (Lipinski definition) is 4. The molecule has 3 N–H and O–H groups in total. The first-order valence-electron chi connectivity index (χ1n) is 5.19. The number of carbonyl (C=O) groups is 1. The molecular weight excluding hydrogens is 268 g/mol. The molecule has 0 radical (unpaired) electrons. The van der Waals surface area contributed by atoms with Gasteiger partial charge in [0.25, 0.3) is 0 Å². The summed E-state index contributed by atoms with van der Waals surface area (Å²) >= 11 is 0. The molecule has 0 bridgehead atoms. The minimum absolute atomic E-state index is 0.110. The lowest BCUT2D eigenvalue weighted by Gasteiger charge is -2.04. The van der Waals surface area contributed by atoms with Crippen LogP contribution in [0.1, 0.15) is 10.4 Å². The highest BCUT2D eigenvalue weighted by atomic mass is 32.2. The van der Waals surface area contributed by atoms with Gasteiger partial charge in [-0.05, 0) is 23.8 Å². The maximum Gasteiger partial charge on any atom is 0.335 e. The van der Waals surface area contributed by atoms with E-state index in [1.54, 1.807) is 12.1 Å². The summed E-state index contributed by atoms with van der Waals surface area (Å²) in [6, 6.07) is 7.47. The quantitative estimate of drug-likeness (QED) is 0.873. The van der Waals surface area contributed by atoms with Crippen LogP contribution in [-0.2, 0) is 10.0 Å². The highest BCUT2D eigenvalue weighted by Crippen LogP contribution is 2.21. The zero-order valence-electron chi connectivity index (χ0n) is 9.65. The molecule has 0 atom stereocenters. The van der Waals surface area contributed by atoms with Crippen molar-refractivity contribution >= 4 is 16.0 Å². The van der Waals surface area contributed by atoms with Gasteiger partial charge in [-0.15, -0.1) is 0 Å². The number of nitrogens with two attached hydrogens (primary N) is 1. The molecule has 2 rings (SSSR count). The molecule has 1 aromatic carbocycles. The smallest absolute Gasteiger partial charge is 0.335 e. The van der Waals surface area contributed by atoms with Crippen LogP contribution in [0.4, 0.5) is 0 Å². The third-order valence-electron chi connectivity index (χ3n) is 2.48. The van der Waals surface area contributed by atoms with Crippen molar-refractivity contribution in [2.24, 2.45) is 5.14 Å². The van der Waals surface area contributed by atoms with E-state index in [0.717, 1.165) is 6.20 Å². The van der Waals surface area contributed by atoms with Gasteiger partial charge in [-0.1, -0.05) is 12.1 Å². The van der Waals surface area contributed by atoms with Gasteiger partial charge in [0.05, 0.1) is 5.56 Å². The SMILES string of the molecule is NS(=O)(=O)c1cncc(-c2cccc(C(=O)O)c2)c1. The standard InChI is InChI=1S/C12H10N2O4S/c13-19(17,18)11-5-10(6-14-7-11)8-2-1-3-9(4-8)12(15)16/h1-7H,(H,15,16)(H2,13,17,18). The van der Waals surface area contributed by atoms with Crippen LogP contribution in [-0.4, -0.2) is 24.5 Å². The topological polar surface area (TPSA) is 110 Å². The van der Waals surface area contributed by atoms with E-state index in [-0.39, 0.29) is 10.5 Å². The number of benzene rings is 1. The van der Waals surface area contributed by atoms with E-state index in [1.807, 2.05) is 0 Å². The Hall–Kier alpha value is -2.25. The Morgan fingerprint density at radius 1 is 1.16 bits per heavy atom. The molecule has 0 saturated heterocycles. The van der Waals surface area contributed by atoms with Crippen LogP contribution in [0, 0.1) is 0 Å². The van der Waals surface area contributed by atoms with Crippen molar-refractivity contribution in [1.29, 1.82) is 0 Å². The van der Waals surface area contributed by atoms with Gasteiger partial charge < -0.3 is 5.11 Å². The van der Waals surface area contributed by atoms with E-state index in [9.17, 15) is 13.2 Å². The first kappa shape index (κ1) is 13.2. The largest absolute Gasteiger partial charge is 0.478 e. The van der Waals surface area contributed by atoms with E-state index in [1.165, 1.54) is 24.4 Å². The van der Waals surface area contributed by atoms with Crippen molar-refractivity contribution in [2.75, 3.05) is 0 Å². The van der Waals surface area contributed by atoms with Crippen molar-refractivity contribution in [3.63, 3.8) is 0 Å². The van der Waals surface area contributed by atoms with Crippen molar-refractivity contribution in [1.82, 2.24) is 4.98 Å². The fourth-order valence-electron chi connectivity index (χ4n) is 1.56. The van der Waals surface area contributed by atoms with Crippen molar-refractivity contribution in [2.45, 2.75) is 4.90 Å². The molecule has 0 spiro atoms. The summed E-state index contributed by atoms with van der Waals surface area (Å²) < 4.78 is 22.5. The Bertz CT molecular complexity index is 741. The number of hydrogen-bond donors (Lipinski definition) is 2. The zero-order chi connectivity index (χ0) is 14.0. The molecule has 0 amide bonds. The summed E-state index contributed by atoms with van der Waals surface area (Å²) in [4.78, 5) is 14.6. The third-order valence-corrected chi connectivity index (χ3v) is 3.36. The van der Waals surface area contributed by atoms with Gasteiger partial charge in [0.2, 0.25) is 10.0 Å². The first-order chi connectivity index (χ1) is 8.88. The Morgan fingerprint density at radius 2 is 1.89 bits per heavy atom. The number of sulfonamides is 1. The van der Waals surface area contributed by atoms with Crippen molar-refractivity contribution in [3.8, 4) is 11.1 Å². The highest BCUT2D eigenvalue weighted by Gasteiger charge is 2.11. The van der Waals surface area contributed by atoms with E-state index in [0.29, 0.717) is 11.1 Å². The molecule has 0 unspecified atom stereocenters. The average molecular weight is 278 g/mol. The van der Waals surface area contributed by atoms with Gasteiger partial charge in [-0.25, -0.2) is 18.4 Å². The Kier molecular flexibility index (Phi) is 3.32. The minimum Gasteiger partial charge on any atom is -0.478 e. The molecular formula is C12H10N2O4S. The lowest BCUT2D eigenvalue weighted by Crippen LogP contribution is -2.12. The van der Waals surface area contributed by atoms with Crippen LogP contribution >= 0.6 is 0 Å². The molecule has 0 saturated carbocycles. The fraction of sp³-hybridized carbons (Fsp3) is 0. The predicted octanol–water partition coefficient (Wildman–Crippen LogP) is 1.09. The number of primary sulfonamides is 1. The summed E-state index contributed by atoms with van der Waals surface area (Å²) in [6.07, 6.45) is 2.58. The summed E-state index contributed by atoms with van der Waals surface area (Å²) in [5, 5.41) is 13.9. The first-order valence-corrected chi connectivity index (χ1v) is 6.74. The monoisotopic (exact) mass is 278 g/mol. The highest BCUT2D eigenvalue weighted by molar-refractivity contribution is 7.89. The van der Waals surface area contributed by atoms with Crippen molar-refractivity contribution < 1.29 is 18.3 Å². The minimum atomic E-state index is -3.84. The van der Waals surface area contributed by atoms with E-state index in [2.05, 4.69) is 4.98 Å². The number of carboxylic acid groups (broad SMARTS) is 1. The van der Waals surface area contributed by atoms with E-state index >= 15 is 0 Å². The second-order valence-electron chi connectivity index (χ2n) is 3.84. The number of rotatable bonds is 3. The molecule has 0 fully saturated rings. The number of pyridine rings is 1. The van der Waals surface area contributed by atoms with Crippen LogP contribution in [0.3, 0.4) is 0 Å². The molecule has 7 heteroatoms. The molecule has 1 aromatic heterocycles. The van der Waals surface area contributed by atoms with Crippen LogP contribution < -0.4 is 5.14 Å². The lowest BCUT2D eigenvalue weighted by atomic mass is 10.1.